The summed E-state index contributed by atoms with van der Waals surface area (Å²) in [5, 5.41) is 3.16. The maximum absolute atomic E-state index is 12.7. The summed E-state index contributed by atoms with van der Waals surface area (Å²) in [4.78, 5) is 38.7. The third-order valence-electron chi connectivity index (χ3n) is 5.79. The molecule has 1 aliphatic heterocycles. The molecule has 1 heterocycles. The number of imide groups is 1. The van der Waals surface area contributed by atoms with Crippen LogP contribution in [0.15, 0.2) is 54.6 Å². The number of carbonyl (C=O) groups excluding carboxylic acids is 3. The highest BCUT2D eigenvalue weighted by atomic mass is 16.2. The molecule has 0 spiro atoms. The van der Waals surface area contributed by atoms with E-state index in [9.17, 15) is 14.4 Å². The molecule has 5 heteroatoms. The molecule has 2 aromatic carbocycles. The number of rotatable bonds is 6. The van der Waals surface area contributed by atoms with Crippen LogP contribution < -0.4 is 5.32 Å². The van der Waals surface area contributed by atoms with Gasteiger partial charge in [0.15, 0.2) is 0 Å². The molecule has 4 rings (SSSR count). The van der Waals surface area contributed by atoms with Crippen molar-refractivity contribution in [2.24, 2.45) is 5.92 Å². The average Bonchev–Trinajstić information content (AvgIpc) is 3.34. The third-order valence-corrected chi connectivity index (χ3v) is 5.79. The summed E-state index contributed by atoms with van der Waals surface area (Å²) in [7, 11) is 0. The number of nitrogens with one attached hydrogen (secondary N) is 1. The Labute approximate surface area is 164 Å². The van der Waals surface area contributed by atoms with E-state index < -0.39 is 0 Å². The van der Waals surface area contributed by atoms with Crippen LogP contribution in [0.3, 0.4) is 0 Å². The van der Waals surface area contributed by atoms with Crippen molar-refractivity contribution in [1.82, 2.24) is 10.2 Å². The van der Waals surface area contributed by atoms with E-state index in [0.29, 0.717) is 17.0 Å². The largest absolute Gasteiger partial charge is 0.349 e. The average molecular weight is 376 g/mol. The summed E-state index contributed by atoms with van der Waals surface area (Å²) >= 11 is 0. The van der Waals surface area contributed by atoms with Gasteiger partial charge in [-0.05, 0) is 36.5 Å². The molecular formula is C23H24N2O3. The van der Waals surface area contributed by atoms with Gasteiger partial charge in [-0.3, -0.25) is 19.3 Å². The van der Waals surface area contributed by atoms with Gasteiger partial charge in [-0.25, -0.2) is 0 Å². The van der Waals surface area contributed by atoms with Gasteiger partial charge in [0.05, 0.1) is 17.2 Å². The van der Waals surface area contributed by atoms with Crippen molar-refractivity contribution in [3.63, 3.8) is 0 Å². The summed E-state index contributed by atoms with van der Waals surface area (Å²) in [6.45, 7) is 0.102. The van der Waals surface area contributed by atoms with Crippen molar-refractivity contribution in [1.29, 1.82) is 0 Å². The first-order valence-corrected chi connectivity index (χ1v) is 9.94. The minimum absolute atomic E-state index is 0.0154. The highest BCUT2D eigenvalue weighted by molar-refractivity contribution is 6.21. The SMILES string of the molecule is O=C(CCN1C(=O)c2ccccc2C1=O)NC(c1ccccc1)C1CCCC1. The van der Waals surface area contributed by atoms with E-state index >= 15 is 0 Å². The molecule has 3 amide bonds. The summed E-state index contributed by atoms with van der Waals surface area (Å²) in [6.07, 6.45) is 4.72. The molecule has 28 heavy (non-hydrogen) atoms. The lowest BCUT2D eigenvalue weighted by Crippen LogP contribution is -2.37. The Hall–Kier alpha value is -2.95. The molecule has 1 unspecified atom stereocenters. The number of nitrogens with zero attached hydrogens (tertiary/aromatic N) is 1. The van der Waals surface area contributed by atoms with Gasteiger partial charge in [-0.1, -0.05) is 55.3 Å². The molecular weight excluding hydrogens is 352 g/mol. The molecule has 1 aliphatic carbocycles. The Morgan fingerprint density at radius 2 is 1.50 bits per heavy atom. The van der Waals surface area contributed by atoms with Crippen LogP contribution in [0.25, 0.3) is 0 Å². The Kier molecular flexibility index (Phi) is 5.24. The van der Waals surface area contributed by atoms with Gasteiger partial charge in [-0.2, -0.15) is 0 Å². The highest BCUT2D eigenvalue weighted by Gasteiger charge is 2.35. The van der Waals surface area contributed by atoms with Crippen LogP contribution in [-0.2, 0) is 4.79 Å². The van der Waals surface area contributed by atoms with E-state index in [-0.39, 0.29) is 36.7 Å². The fourth-order valence-corrected chi connectivity index (χ4v) is 4.33. The summed E-state index contributed by atoms with van der Waals surface area (Å²) in [6, 6.07) is 16.8. The number of hydrogen-bond acceptors (Lipinski definition) is 3. The van der Waals surface area contributed by atoms with E-state index in [1.165, 1.54) is 17.7 Å². The number of carbonyl (C=O) groups is 3. The zero-order chi connectivity index (χ0) is 19.5. The van der Waals surface area contributed by atoms with Crippen molar-refractivity contribution in [2.45, 2.75) is 38.1 Å². The van der Waals surface area contributed by atoms with Crippen molar-refractivity contribution < 1.29 is 14.4 Å². The van der Waals surface area contributed by atoms with Crippen LogP contribution in [0.4, 0.5) is 0 Å². The Morgan fingerprint density at radius 1 is 0.929 bits per heavy atom. The van der Waals surface area contributed by atoms with Crippen molar-refractivity contribution in [3.05, 3.63) is 71.3 Å². The molecule has 2 aromatic rings. The topological polar surface area (TPSA) is 66.5 Å². The molecule has 0 bridgehead atoms. The second-order valence-electron chi connectivity index (χ2n) is 7.56. The molecule has 1 fully saturated rings. The molecule has 2 aliphatic rings. The fourth-order valence-electron chi connectivity index (χ4n) is 4.33. The molecule has 1 saturated carbocycles. The second kappa shape index (κ2) is 7.97. The first-order valence-electron chi connectivity index (χ1n) is 9.94. The van der Waals surface area contributed by atoms with Gasteiger partial charge in [0, 0.05) is 13.0 Å². The van der Waals surface area contributed by atoms with Crippen LogP contribution in [0, 0.1) is 5.92 Å². The summed E-state index contributed by atoms with van der Waals surface area (Å²) in [5.74, 6) is -0.324. The Balaban J connectivity index is 1.41. The summed E-state index contributed by atoms with van der Waals surface area (Å²) < 4.78 is 0. The predicted molar refractivity (Wildman–Crippen MR) is 106 cm³/mol. The van der Waals surface area contributed by atoms with Gasteiger partial charge in [0.1, 0.15) is 0 Å². The lowest BCUT2D eigenvalue weighted by atomic mass is 9.91. The van der Waals surface area contributed by atoms with Crippen LogP contribution in [0.2, 0.25) is 0 Å². The zero-order valence-corrected chi connectivity index (χ0v) is 15.8. The molecule has 0 aromatic heterocycles. The molecule has 1 N–H and O–H groups in total. The van der Waals surface area contributed by atoms with Gasteiger partial charge < -0.3 is 5.32 Å². The molecule has 0 radical (unpaired) electrons. The molecule has 0 saturated heterocycles. The van der Waals surface area contributed by atoms with E-state index in [1.807, 2.05) is 30.3 Å². The van der Waals surface area contributed by atoms with Crippen molar-refractivity contribution in [3.8, 4) is 0 Å². The number of benzene rings is 2. The van der Waals surface area contributed by atoms with E-state index in [2.05, 4.69) is 5.32 Å². The maximum Gasteiger partial charge on any atom is 0.261 e. The van der Waals surface area contributed by atoms with E-state index in [4.69, 9.17) is 0 Å². The molecule has 1 atom stereocenters. The normalized spacial score (nSPS) is 17.6. The van der Waals surface area contributed by atoms with Crippen LogP contribution >= 0.6 is 0 Å². The van der Waals surface area contributed by atoms with Crippen LogP contribution in [-0.4, -0.2) is 29.2 Å². The van der Waals surface area contributed by atoms with Crippen LogP contribution in [0.1, 0.15) is 64.4 Å². The first-order chi connectivity index (χ1) is 13.6. The second-order valence-corrected chi connectivity index (χ2v) is 7.56. The van der Waals surface area contributed by atoms with Gasteiger partial charge in [-0.15, -0.1) is 0 Å². The van der Waals surface area contributed by atoms with E-state index in [1.54, 1.807) is 24.3 Å². The fraction of sp³-hybridized carbons (Fsp3) is 0.348. The Morgan fingerprint density at radius 3 is 2.11 bits per heavy atom. The summed E-state index contributed by atoms with van der Waals surface area (Å²) in [5.41, 5.74) is 1.95. The smallest absolute Gasteiger partial charge is 0.261 e. The van der Waals surface area contributed by atoms with Crippen LogP contribution in [0.5, 0.6) is 0 Å². The highest BCUT2D eigenvalue weighted by Crippen LogP contribution is 2.35. The maximum atomic E-state index is 12.7. The molecule has 5 nitrogen and oxygen atoms in total. The van der Waals surface area contributed by atoms with E-state index in [0.717, 1.165) is 18.4 Å². The predicted octanol–water partition coefficient (Wildman–Crippen LogP) is 3.72. The third kappa shape index (κ3) is 3.57. The lowest BCUT2D eigenvalue weighted by Gasteiger charge is -2.25. The van der Waals surface area contributed by atoms with Crippen molar-refractivity contribution >= 4 is 17.7 Å². The number of hydrogen-bond donors (Lipinski definition) is 1. The van der Waals surface area contributed by atoms with Gasteiger partial charge in [0.25, 0.3) is 11.8 Å². The number of amides is 3. The van der Waals surface area contributed by atoms with Crippen molar-refractivity contribution in [2.75, 3.05) is 6.54 Å². The minimum Gasteiger partial charge on any atom is -0.349 e. The first kappa shape index (κ1) is 18.4. The quantitative estimate of drug-likeness (QED) is 0.782. The monoisotopic (exact) mass is 376 g/mol. The zero-order valence-electron chi connectivity index (χ0n) is 15.8. The van der Waals surface area contributed by atoms with Gasteiger partial charge in [0.2, 0.25) is 5.91 Å². The minimum atomic E-state index is -0.316. The Bertz CT molecular complexity index is 853. The lowest BCUT2D eigenvalue weighted by molar-refractivity contribution is -0.122. The standard InChI is InChI=1S/C23H24N2O3/c26-20(14-15-25-22(27)18-12-6-7-13-19(18)23(25)28)24-21(17-10-4-5-11-17)16-8-2-1-3-9-16/h1-3,6-9,12-13,17,21H,4-5,10-11,14-15H2,(H,24,26). The molecule has 144 valence electrons. The van der Waals surface area contributed by atoms with Gasteiger partial charge >= 0.3 is 0 Å². The number of fused-ring (bicyclic) bond motifs is 1.